The van der Waals surface area contributed by atoms with Crippen LogP contribution in [0.15, 0.2) is 33.7 Å². The highest BCUT2D eigenvalue weighted by atomic mass is 32.2. The number of rotatable bonds is 4. The Labute approximate surface area is 185 Å². The Morgan fingerprint density at radius 3 is 2.59 bits per heavy atom. The van der Waals surface area contributed by atoms with Crippen LogP contribution in [0.1, 0.15) is 24.3 Å². The van der Waals surface area contributed by atoms with E-state index in [4.69, 9.17) is 4.52 Å². The molecule has 2 saturated heterocycles. The molecule has 1 aromatic carbocycles. The molecule has 0 N–H and O–H groups in total. The second-order valence-corrected chi connectivity index (χ2v) is 9.97. The molecule has 0 bridgehead atoms. The van der Waals surface area contributed by atoms with E-state index in [1.807, 2.05) is 0 Å². The van der Waals surface area contributed by atoms with Crippen LogP contribution in [-0.4, -0.2) is 67.3 Å². The number of hydrogen-bond acceptors (Lipinski definition) is 6. The summed E-state index contributed by atoms with van der Waals surface area (Å²) in [4.78, 5) is 28.6. The highest BCUT2D eigenvalue weighted by molar-refractivity contribution is 7.89. The molecule has 2 aromatic rings. The van der Waals surface area contributed by atoms with Gasteiger partial charge in [-0.25, -0.2) is 12.8 Å². The summed E-state index contributed by atoms with van der Waals surface area (Å²) in [6.45, 7) is 4.24. The van der Waals surface area contributed by atoms with Crippen LogP contribution >= 0.6 is 0 Å². The molecule has 32 heavy (non-hydrogen) atoms. The molecule has 4 rings (SSSR count). The fourth-order valence-corrected chi connectivity index (χ4v) is 6.12. The highest BCUT2D eigenvalue weighted by Gasteiger charge is 2.39. The molecule has 2 aliphatic rings. The van der Waals surface area contributed by atoms with E-state index < -0.39 is 21.8 Å². The number of carbonyl (C=O) groups excluding carboxylic acids is 2. The van der Waals surface area contributed by atoms with E-state index >= 15 is 0 Å². The predicted octanol–water partition coefficient (Wildman–Crippen LogP) is 1.71. The van der Waals surface area contributed by atoms with Crippen molar-refractivity contribution in [2.45, 2.75) is 31.6 Å². The third-order valence-electron chi connectivity index (χ3n) is 5.95. The number of para-hydroxylation sites is 1. The first-order valence-electron chi connectivity index (χ1n) is 10.5. The van der Waals surface area contributed by atoms with E-state index in [1.54, 1.807) is 30.9 Å². The van der Waals surface area contributed by atoms with E-state index in [0.717, 1.165) is 0 Å². The Bertz CT molecular complexity index is 1130. The number of carbonyl (C=O) groups is 2. The van der Waals surface area contributed by atoms with Gasteiger partial charge in [0.05, 0.1) is 11.6 Å². The fourth-order valence-electron chi connectivity index (χ4n) is 4.36. The van der Waals surface area contributed by atoms with Crippen molar-refractivity contribution in [2.75, 3.05) is 37.6 Å². The van der Waals surface area contributed by atoms with Crippen molar-refractivity contribution in [1.29, 1.82) is 0 Å². The van der Waals surface area contributed by atoms with Gasteiger partial charge in [0.25, 0.3) is 0 Å². The molecule has 2 amide bonds. The molecule has 1 unspecified atom stereocenters. The maximum atomic E-state index is 14.1. The van der Waals surface area contributed by atoms with Crippen LogP contribution in [0.4, 0.5) is 10.1 Å². The number of sulfonamides is 1. The zero-order valence-electron chi connectivity index (χ0n) is 18.0. The summed E-state index contributed by atoms with van der Waals surface area (Å²) in [5, 5.41) is 3.73. The SMILES string of the molecule is Cc1noc(C)c1S(=O)(=O)N1CCCN(C(=O)C2CC(=O)N(c3ccccc3F)C2)CC1. The Morgan fingerprint density at radius 2 is 1.91 bits per heavy atom. The maximum Gasteiger partial charge on any atom is 0.248 e. The third-order valence-corrected chi connectivity index (χ3v) is 8.09. The lowest BCUT2D eigenvalue weighted by Gasteiger charge is -2.24. The lowest BCUT2D eigenvalue weighted by atomic mass is 10.1. The van der Waals surface area contributed by atoms with Crippen LogP contribution in [0, 0.1) is 25.6 Å². The van der Waals surface area contributed by atoms with Gasteiger partial charge in [-0.15, -0.1) is 0 Å². The molecule has 0 radical (unpaired) electrons. The number of aromatic nitrogens is 1. The Morgan fingerprint density at radius 1 is 1.16 bits per heavy atom. The molecule has 0 aliphatic carbocycles. The predicted molar refractivity (Wildman–Crippen MR) is 113 cm³/mol. The number of aryl methyl sites for hydroxylation is 2. The van der Waals surface area contributed by atoms with Gasteiger partial charge in [0.2, 0.25) is 21.8 Å². The molecule has 2 aliphatic heterocycles. The van der Waals surface area contributed by atoms with Crippen molar-refractivity contribution in [3.63, 3.8) is 0 Å². The largest absolute Gasteiger partial charge is 0.360 e. The molecule has 11 heteroatoms. The summed E-state index contributed by atoms with van der Waals surface area (Å²) < 4.78 is 46.6. The van der Waals surface area contributed by atoms with Gasteiger partial charge in [0, 0.05) is 39.1 Å². The lowest BCUT2D eigenvalue weighted by Crippen LogP contribution is -2.40. The molecular weight excluding hydrogens is 439 g/mol. The second kappa shape index (κ2) is 8.62. The second-order valence-electron chi connectivity index (χ2n) is 8.09. The zero-order valence-corrected chi connectivity index (χ0v) is 18.8. The number of hydrogen-bond donors (Lipinski definition) is 0. The van der Waals surface area contributed by atoms with Crippen LogP contribution in [0.3, 0.4) is 0 Å². The van der Waals surface area contributed by atoms with Gasteiger partial charge in [-0.05, 0) is 32.4 Å². The molecule has 172 valence electrons. The van der Waals surface area contributed by atoms with Crippen molar-refractivity contribution in [1.82, 2.24) is 14.4 Å². The van der Waals surface area contributed by atoms with Crippen LogP contribution in [0.25, 0.3) is 0 Å². The fraction of sp³-hybridized carbons (Fsp3) is 0.476. The number of anilines is 1. The quantitative estimate of drug-likeness (QED) is 0.682. The first kappa shape index (κ1) is 22.4. The van der Waals surface area contributed by atoms with Crippen molar-refractivity contribution < 1.29 is 26.9 Å². The summed E-state index contributed by atoms with van der Waals surface area (Å²) in [5.41, 5.74) is 0.470. The highest BCUT2D eigenvalue weighted by Crippen LogP contribution is 2.29. The summed E-state index contributed by atoms with van der Waals surface area (Å²) in [5.74, 6) is -1.38. The third kappa shape index (κ3) is 4.02. The van der Waals surface area contributed by atoms with Gasteiger partial charge in [0.15, 0.2) is 5.76 Å². The van der Waals surface area contributed by atoms with Crippen molar-refractivity contribution in [3.8, 4) is 0 Å². The molecular formula is C21H25FN4O5S. The Kier molecular flexibility index (Phi) is 6.04. The van der Waals surface area contributed by atoms with Gasteiger partial charge < -0.3 is 14.3 Å². The summed E-state index contributed by atoms with van der Waals surface area (Å²) in [6.07, 6.45) is 0.469. The van der Waals surface area contributed by atoms with Gasteiger partial charge in [-0.3, -0.25) is 9.59 Å². The minimum atomic E-state index is -3.79. The first-order chi connectivity index (χ1) is 15.2. The monoisotopic (exact) mass is 464 g/mol. The van der Waals surface area contributed by atoms with E-state index in [1.165, 1.54) is 21.3 Å². The normalized spacial score (nSPS) is 20.6. The Balaban J connectivity index is 1.44. The number of benzene rings is 1. The molecule has 1 aromatic heterocycles. The van der Waals surface area contributed by atoms with Gasteiger partial charge in [-0.1, -0.05) is 17.3 Å². The summed E-state index contributed by atoms with van der Waals surface area (Å²) in [6, 6.07) is 5.98. The molecule has 9 nitrogen and oxygen atoms in total. The van der Waals surface area contributed by atoms with Crippen LogP contribution in [0.2, 0.25) is 0 Å². The van der Waals surface area contributed by atoms with Crippen LogP contribution < -0.4 is 4.90 Å². The zero-order chi connectivity index (χ0) is 23.0. The summed E-state index contributed by atoms with van der Waals surface area (Å²) >= 11 is 0. The van der Waals surface area contributed by atoms with Crippen molar-refractivity contribution >= 4 is 27.5 Å². The number of nitrogens with zero attached hydrogens (tertiary/aromatic N) is 4. The Hall–Kier alpha value is -2.79. The molecule has 2 fully saturated rings. The molecule has 0 spiro atoms. The van der Waals surface area contributed by atoms with Crippen LogP contribution in [-0.2, 0) is 19.6 Å². The summed E-state index contributed by atoms with van der Waals surface area (Å²) in [7, 11) is -3.79. The van der Waals surface area contributed by atoms with E-state index in [2.05, 4.69) is 5.16 Å². The van der Waals surface area contributed by atoms with Gasteiger partial charge in [-0.2, -0.15) is 4.31 Å². The average Bonchev–Trinajstić information content (AvgIpc) is 3.18. The lowest BCUT2D eigenvalue weighted by molar-refractivity contribution is -0.135. The standard InChI is InChI=1S/C21H25FN4O5S/c1-14-20(15(2)31-23-14)32(29,30)25-9-5-8-24(10-11-25)21(28)16-12-19(27)26(13-16)18-7-4-3-6-17(18)22/h3-4,6-7,16H,5,8-13H2,1-2H3. The maximum absolute atomic E-state index is 14.1. The topological polar surface area (TPSA) is 104 Å². The van der Waals surface area contributed by atoms with Crippen molar-refractivity contribution in [2.24, 2.45) is 5.92 Å². The average molecular weight is 465 g/mol. The molecule has 3 heterocycles. The smallest absolute Gasteiger partial charge is 0.248 e. The minimum absolute atomic E-state index is 0.00472. The molecule has 1 atom stereocenters. The number of amides is 2. The minimum Gasteiger partial charge on any atom is -0.360 e. The van der Waals surface area contributed by atoms with Gasteiger partial charge >= 0.3 is 0 Å². The first-order valence-corrected chi connectivity index (χ1v) is 11.9. The number of halogens is 1. The van der Waals surface area contributed by atoms with E-state index in [9.17, 15) is 22.4 Å². The van der Waals surface area contributed by atoms with E-state index in [-0.39, 0.29) is 60.8 Å². The molecule has 0 saturated carbocycles. The van der Waals surface area contributed by atoms with Crippen LogP contribution in [0.5, 0.6) is 0 Å². The van der Waals surface area contributed by atoms with E-state index in [0.29, 0.717) is 18.7 Å². The van der Waals surface area contributed by atoms with Gasteiger partial charge in [0.1, 0.15) is 16.4 Å². The van der Waals surface area contributed by atoms with Crippen molar-refractivity contribution in [3.05, 3.63) is 41.5 Å².